The van der Waals surface area contributed by atoms with E-state index in [4.69, 9.17) is 14.4 Å². The van der Waals surface area contributed by atoms with Crippen LogP contribution in [-0.2, 0) is 0 Å². The van der Waals surface area contributed by atoms with Gasteiger partial charge in [0, 0.05) is 32.8 Å². The number of rotatable bonds is 4. The van der Waals surface area contributed by atoms with Crippen molar-refractivity contribution < 1.29 is 8.81 Å². The first kappa shape index (κ1) is 24.2. The van der Waals surface area contributed by atoms with Crippen LogP contribution in [0.3, 0.4) is 0 Å². The van der Waals surface area contributed by atoms with Crippen molar-refractivity contribution in [3.63, 3.8) is 0 Å². The molecular formula is C38H23FN2O. The Labute approximate surface area is 241 Å². The maximum atomic E-state index is 14.1. The molecule has 198 valence electrons. The molecule has 3 nitrogen and oxygen atoms in total. The maximum absolute atomic E-state index is 14.1. The second kappa shape index (κ2) is 9.79. The molecule has 6 aromatic carbocycles. The van der Waals surface area contributed by atoms with Crippen LogP contribution in [0.2, 0.25) is 0 Å². The second-order valence-electron chi connectivity index (χ2n) is 10.4. The number of hydrogen-bond acceptors (Lipinski definition) is 3. The zero-order valence-corrected chi connectivity index (χ0v) is 22.5. The number of furan rings is 1. The predicted molar refractivity (Wildman–Crippen MR) is 169 cm³/mol. The first-order chi connectivity index (χ1) is 20.7. The van der Waals surface area contributed by atoms with Crippen molar-refractivity contribution in [3.8, 4) is 45.0 Å². The van der Waals surface area contributed by atoms with E-state index in [-0.39, 0.29) is 5.82 Å². The summed E-state index contributed by atoms with van der Waals surface area (Å²) in [7, 11) is 0. The highest BCUT2D eigenvalue weighted by molar-refractivity contribution is 6.15. The van der Waals surface area contributed by atoms with Crippen LogP contribution in [0.4, 0.5) is 4.39 Å². The Morgan fingerprint density at radius 2 is 1.14 bits per heavy atom. The topological polar surface area (TPSA) is 38.9 Å². The van der Waals surface area contributed by atoms with Gasteiger partial charge in [-0.15, -0.1) is 0 Å². The first-order valence-electron chi connectivity index (χ1n) is 13.8. The average molecular weight is 543 g/mol. The van der Waals surface area contributed by atoms with Gasteiger partial charge >= 0.3 is 0 Å². The zero-order valence-electron chi connectivity index (χ0n) is 22.5. The lowest BCUT2D eigenvalue weighted by molar-refractivity contribution is 0.628. The molecule has 0 atom stereocenters. The number of benzene rings is 6. The molecule has 42 heavy (non-hydrogen) atoms. The van der Waals surface area contributed by atoms with Crippen molar-refractivity contribution in [2.45, 2.75) is 0 Å². The minimum atomic E-state index is -0.301. The highest BCUT2D eigenvalue weighted by Crippen LogP contribution is 2.37. The van der Waals surface area contributed by atoms with Gasteiger partial charge in [0.1, 0.15) is 17.0 Å². The molecule has 0 radical (unpaired) electrons. The van der Waals surface area contributed by atoms with Gasteiger partial charge in [0.15, 0.2) is 5.82 Å². The molecule has 2 heterocycles. The van der Waals surface area contributed by atoms with E-state index < -0.39 is 0 Å². The lowest BCUT2D eigenvalue weighted by atomic mass is 10.0. The minimum absolute atomic E-state index is 0.301. The van der Waals surface area contributed by atoms with Crippen LogP contribution in [-0.4, -0.2) is 9.97 Å². The molecule has 0 fully saturated rings. The summed E-state index contributed by atoms with van der Waals surface area (Å²) in [6.45, 7) is 0. The Kier molecular flexibility index (Phi) is 5.64. The van der Waals surface area contributed by atoms with E-state index in [1.807, 2.05) is 66.7 Å². The van der Waals surface area contributed by atoms with Crippen LogP contribution in [0.15, 0.2) is 144 Å². The summed E-state index contributed by atoms with van der Waals surface area (Å²) in [5, 5.41) is 4.47. The summed E-state index contributed by atoms with van der Waals surface area (Å²) in [6, 6.07) is 45.5. The smallest absolute Gasteiger partial charge is 0.160 e. The molecule has 8 rings (SSSR count). The first-order valence-corrected chi connectivity index (χ1v) is 13.8. The molecule has 0 bridgehead atoms. The van der Waals surface area contributed by atoms with E-state index in [9.17, 15) is 4.39 Å². The van der Waals surface area contributed by atoms with Crippen LogP contribution in [0.25, 0.3) is 77.7 Å². The normalized spacial score (nSPS) is 11.5. The number of hydrogen-bond donors (Lipinski definition) is 0. The summed E-state index contributed by atoms with van der Waals surface area (Å²) in [6.07, 6.45) is 0. The lowest BCUT2D eigenvalue weighted by Crippen LogP contribution is -1.96. The summed E-state index contributed by atoms with van der Waals surface area (Å²) in [4.78, 5) is 9.83. The third-order valence-corrected chi connectivity index (χ3v) is 7.73. The number of nitrogens with zero attached hydrogens (tertiary/aromatic N) is 2. The van der Waals surface area contributed by atoms with E-state index in [0.29, 0.717) is 17.1 Å². The highest BCUT2D eigenvalue weighted by Gasteiger charge is 2.14. The van der Waals surface area contributed by atoms with Crippen molar-refractivity contribution >= 4 is 32.7 Å². The van der Waals surface area contributed by atoms with Crippen LogP contribution in [0.1, 0.15) is 0 Å². The van der Waals surface area contributed by atoms with Crippen molar-refractivity contribution in [2.24, 2.45) is 0 Å². The molecule has 0 saturated heterocycles. The quantitative estimate of drug-likeness (QED) is 0.222. The second-order valence-corrected chi connectivity index (χ2v) is 10.4. The third kappa shape index (κ3) is 4.21. The van der Waals surface area contributed by atoms with Crippen LogP contribution < -0.4 is 0 Å². The molecule has 0 aliphatic carbocycles. The molecule has 0 aliphatic rings. The predicted octanol–water partition coefficient (Wildman–Crippen LogP) is 10.3. The monoisotopic (exact) mass is 542 g/mol. The van der Waals surface area contributed by atoms with Crippen molar-refractivity contribution in [1.82, 2.24) is 9.97 Å². The summed E-state index contributed by atoms with van der Waals surface area (Å²) in [5.74, 6) is 0.277. The van der Waals surface area contributed by atoms with E-state index >= 15 is 0 Å². The van der Waals surface area contributed by atoms with E-state index in [2.05, 4.69) is 54.6 Å². The molecule has 0 amide bonds. The third-order valence-electron chi connectivity index (χ3n) is 7.73. The molecule has 0 N–H and O–H groups in total. The molecule has 0 unspecified atom stereocenters. The van der Waals surface area contributed by atoms with Crippen LogP contribution in [0, 0.1) is 5.82 Å². The fourth-order valence-corrected chi connectivity index (χ4v) is 5.65. The summed E-state index contributed by atoms with van der Waals surface area (Å²) >= 11 is 0. The number of aromatic nitrogens is 2. The van der Waals surface area contributed by atoms with Gasteiger partial charge in [-0.05, 0) is 59.0 Å². The number of halogens is 1. The minimum Gasteiger partial charge on any atom is -0.455 e. The van der Waals surface area contributed by atoms with E-state index in [0.717, 1.165) is 60.7 Å². The van der Waals surface area contributed by atoms with Gasteiger partial charge in [0.25, 0.3) is 0 Å². The Balaban J connectivity index is 1.25. The van der Waals surface area contributed by atoms with Gasteiger partial charge < -0.3 is 4.42 Å². The fraction of sp³-hybridized carbons (Fsp3) is 0. The van der Waals surface area contributed by atoms with Crippen LogP contribution in [0.5, 0.6) is 0 Å². The molecule has 0 saturated carbocycles. The largest absolute Gasteiger partial charge is 0.455 e. The Morgan fingerprint density at radius 1 is 0.452 bits per heavy atom. The van der Waals surface area contributed by atoms with Crippen molar-refractivity contribution in [3.05, 3.63) is 145 Å². The summed E-state index contributed by atoms with van der Waals surface area (Å²) in [5.41, 5.74) is 7.81. The summed E-state index contributed by atoms with van der Waals surface area (Å²) < 4.78 is 20.6. The molecular weight excluding hydrogens is 519 g/mol. The molecule has 8 aromatic rings. The average Bonchev–Trinajstić information content (AvgIpc) is 3.43. The number of fused-ring (bicyclic) bond motifs is 5. The molecule has 0 aliphatic heterocycles. The fourth-order valence-electron chi connectivity index (χ4n) is 5.65. The van der Waals surface area contributed by atoms with Gasteiger partial charge in [-0.2, -0.15) is 0 Å². The van der Waals surface area contributed by atoms with Gasteiger partial charge in [0.05, 0.1) is 11.4 Å². The highest BCUT2D eigenvalue weighted by atomic mass is 19.1. The maximum Gasteiger partial charge on any atom is 0.160 e. The molecule has 0 spiro atoms. The van der Waals surface area contributed by atoms with Crippen molar-refractivity contribution in [2.75, 3.05) is 0 Å². The van der Waals surface area contributed by atoms with Gasteiger partial charge in [-0.1, -0.05) is 97.1 Å². The SMILES string of the molecule is Fc1cccc(-c2cc(-c3ccccc3)nc(-c3cccc(-c4ccc5c(c4)oc4c6ccccc6ccc54)c3)n2)c1. The van der Waals surface area contributed by atoms with Gasteiger partial charge in [-0.25, -0.2) is 14.4 Å². The van der Waals surface area contributed by atoms with E-state index in [1.165, 1.54) is 12.1 Å². The standard InChI is InChI=1S/C38H23FN2O/c39-30-14-7-12-28(21-30)35-23-34(25-9-2-1-3-10-25)40-38(41-35)29-13-6-11-26(20-29)27-17-18-32-33-19-16-24-8-4-5-15-31(24)37(33)42-36(32)22-27/h1-23H. The molecule has 4 heteroatoms. The Morgan fingerprint density at radius 3 is 2.02 bits per heavy atom. The van der Waals surface area contributed by atoms with Crippen molar-refractivity contribution in [1.29, 1.82) is 0 Å². The molecule has 2 aromatic heterocycles. The van der Waals surface area contributed by atoms with Gasteiger partial charge in [-0.3, -0.25) is 0 Å². The van der Waals surface area contributed by atoms with Crippen LogP contribution >= 0.6 is 0 Å². The van der Waals surface area contributed by atoms with E-state index in [1.54, 1.807) is 6.07 Å². The van der Waals surface area contributed by atoms with Gasteiger partial charge in [0.2, 0.25) is 0 Å². The zero-order chi connectivity index (χ0) is 28.0. The Hall–Kier alpha value is -5.61. The Bertz CT molecular complexity index is 2270. The lowest BCUT2D eigenvalue weighted by Gasteiger charge is -2.10.